The van der Waals surface area contributed by atoms with Crippen molar-refractivity contribution in [2.45, 2.75) is 51.6 Å². The molecule has 0 atom stereocenters. The number of aliphatic carboxylic acids is 1. The van der Waals surface area contributed by atoms with Crippen LogP contribution in [0.15, 0.2) is 0 Å². The molecule has 0 spiro atoms. The van der Waals surface area contributed by atoms with Gasteiger partial charge < -0.3 is 10.0 Å². The SMILES string of the molecule is CC(C)CN(C(=O)CN1CCC(N(C)CC(=O)O)CC1)C1CC1.Cl. The van der Waals surface area contributed by atoms with Crippen LogP contribution in [0.25, 0.3) is 0 Å². The first-order chi connectivity index (χ1) is 10.9. The first-order valence-corrected chi connectivity index (χ1v) is 8.80. The van der Waals surface area contributed by atoms with E-state index in [0.29, 0.717) is 24.5 Å². The van der Waals surface area contributed by atoms with Crippen molar-refractivity contribution in [1.29, 1.82) is 0 Å². The number of piperidine rings is 1. The molecule has 1 saturated heterocycles. The van der Waals surface area contributed by atoms with Gasteiger partial charge in [0.05, 0.1) is 13.1 Å². The van der Waals surface area contributed by atoms with Crippen LogP contribution in [0.1, 0.15) is 39.5 Å². The Balaban J connectivity index is 0.00000288. The number of carbonyl (C=O) groups is 2. The average molecular weight is 362 g/mol. The molecule has 2 rings (SSSR count). The zero-order chi connectivity index (χ0) is 17.0. The minimum Gasteiger partial charge on any atom is -0.480 e. The van der Waals surface area contributed by atoms with Crippen LogP contribution < -0.4 is 0 Å². The predicted molar refractivity (Wildman–Crippen MR) is 96.5 cm³/mol. The Kier molecular flexibility index (Phi) is 8.46. The van der Waals surface area contributed by atoms with Crippen LogP contribution in [-0.4, -0.2) is 83.5 Å². The molecule has 0 unspecified atom stereocenters. The molecular weight excluding hydrogens is 330 g/mol. The van der Waals surface area contributed by atoms with E-state index in [4.69, 9.17) is 5.11 Å². The van der Waals surface area contributed by atoms with Gasteiger partial charge in [0, 0.05) is 31.7 Å². The molecule has 7 heteroatoms. The third kappa shape index (κ3) is 6.57. The lowest BCUT2D eigenvalue weighted by Crippen LogP contribution is -2.49. The third-order valence-electron chi connectivity index (χ3n) is 4.79. The standard InChI is InChI=1S/C17H31N3O3.ClH/c1-13(2)10-20(15-4-5-15)16(21)11-19-8-6-14(7-9-19)18(3)12-17(22)23;/h13-15H,4-12H2,1-3H3,(H,22,23);1H. The van der Waals surface area contributed by atoms with Gasteiger partial charge in [-0.05, 0) is 38.6 Å². The first-order valence-electron chi connectivity index (χ1n) is 8.80. The lowest BCUT2D eigenvalue weighted by molar-refractivity contribution is -0.138. The summed E-state index contributed by atoms with van der Waals surface area (Å²) in [6.45, 7) is 7.54. The van der Waals surface area contributed by atoms with Crippen molar-refractivity contribution in [2.75, 3.05) is 39.8 Å². The summed E-state index contributed by atoms with van der Waals surface area (Å²) in [6.07, 6.45) is 4.18. The number of carbonyl (C=O) groups excluding carboxylic acids is 1. The van der Waals surface area contributed by atoms with Crippen LogP contribution in [0.4, 0.5) is 0 Å². The molecule has 0 bridgehead atoms. The van der Waals surface area contributed by atoms with Crippen LogP contribution in [0.3, 0.4) is 0 Å². The van der Waals surface area contributed by atoms with Gasteiger partial charge in [-0.3, -0.25) is 19.4 Å². The fourth-order valence-corrected chi connectivity index (χ4v) is 3.38. The number of likely N-dealkylation sites (N-methyl/N-ethyl adjacent to an activating group) is 1. The second-order valence-electron chi connectivity index (χ2n) is 7.49. The Morgan fingerprint density at radius 3 is 2.17 bits per heavy atom. The molecule has 1 aliphatic carbocycles. The van der Waals surface area contributed by atoms with E-state index in [-0.39, 0.29) is 24.9 Å². The molecule has 1 amide bonds. The van der Waals surface area contributed by atoms with Crippen molar-refractivity contribution < 1.29 is 14.7 Å². The lowest BCUT2D eigenvalue weighted by Gasteiger charge is -2.36. The van der Waals surface area contributed by atoms with Crippen molar-refractivity contribution in [2.24, 2.45) is 5.92 Å². The van der Waals surface area contributed by atoms with Gasteiger partial charge in [0.15, 0.2) is 0 Å². The zero-order valence-corrected chi connectivity index (χ0v) is 15.9. The molecule has 0 aromatic heterocycles. The Hall–Kier alpha value is -0.850. The van der Waals surface area contributed by atoms with Gasteiger partial charge in [-0.1, -0.05) is 13.8 Å². The molecule has 0 aromatic rings. The van der Waals surface area contributed by atoms with Crippen LogP contribution in [0, 0.1) is 5.92 Å². The second-order valence-corrected chi connectivity index (χ2v) is 7.49. The summed E-state index contributed by atoms with van der Waals surface area (Å²) < 4.78 is 0. The molecular formula is C17H32ClN3O3. The van der Waals surface area contributed by atoms with E-state index >= 15 is 0 Å². The van der Waals surface area contributed by atoms with E-state index in [0.717, 1.165) is 45.3 Å². The van der Waals surface area contributed by atoms with Crippen LogP contribution in [0.5, 0.6) is 0 Å². The molecule has 0 aromatic carbocycles. The van der Waals surface area contributed by atoms with Crippen LogP contribution in [-0.2, 0) is 9.59 Å². The summed E-state index contributed by atoms with van der Waals surface area (Å²) in [5, 5.41) is 8.87. The third-order valence-corrected chi connectivity index (χ3v) is 4.79. The minimum atomic E-state index is -0.779. The number of hydrogen-bond acceptors (Lipinski definition) is 4. The average Bonchev–Trinajstić information content (AvgIpc) is 3.29. The number of likely N-dealkylation sites (tertiary alicyclic amines) is 1. The molecule has 24 heavy (non-hydrogen) atoms. The molecule has 0 radical (unpaired) electrons. The zero-order valence-electron chi connectivity index (χ0n) is 15.1. The van der Waals surface area contributed by atoms with Gasteiger partial charge >= 0.3 is 5.97 Å². The Morgan fingerprint density at radius 1 is 1.12 bits per heavy atom. The second kappa shape index (κ2) is 9.59. The van der Waals surface area contributed by atoms with Crippen molar-refractivity contribution in [3.63, 3.8) is 0 Å². The predicted octanol–water partition coefficient (Wildman–Crippen LogP) is 1.54. The van der Waals surface area contributed by atoms with Crippen molar-refractivity contribution in [3.8, 4) is 0 Å². The summed E-state index contributed by atoms with van der Waals surface area (Å²) in [6, 6.07) is 0.789. The highest BCUT2D eigenvalue weighted by Gasteiger charge is 2.34. The van der Waals surface area contributed by atoms with E-state index in [9.17, 15) is 9.59 Å². The largest absolute Gasteiger partial charge is 0.480 e. The van der Waals surface area contributed by atoms with Crippen molar-refractivity contribution in [3.05, 3.63) is 0 Å². The first kappa shape index (κ1) is 21.2. The quantitative estimate of drug-likeness (QED) is 0.710. The summed E-state index contributed by atoms with van der Waals surface area (Å²) in [5.74, 6) is -0.00707. The van der Waals surface area contributed by atoms with Crippen LogP contribution >= 0.6 is 12.4 Å². The molecule has 2 fully saturated rings. The van der Waals surface area contributed by atoms with Crippen molar-refractivity contribution >= 4 is 24.3 Å². The van der Waals surface area contributed by atoms with Gasteiger partial charge in [-0.25, -0.2) is 0 Å². The van der Waals surface area contributed by atoms with Crippen LogP contribution in [0.2, 0.25) is 0 Å². The summed E-state index contributed by atoms with van der Waals surface area (Å²) in [5.41, 5.74) is 0. The highest BCUT2D eigenvalue weighted by atomic mass is 35.5. The maximum Gasteiger partial charge on any atom is 0.317 e. The fraction of sp³-hybridized carbons (Fsp3) is 0.882. The number of halogens is 1. The number of nitrogens with zero attached hydrogens (tertiary/aromatic N) is 3. The normalized spacial score (nSPS) is 19.4. The van der Waals surface area contributed by atoms with E-state index < -0.39 is 5.97 Å². The Labute approximate surface area is 151 Å². The summed E-state index contributed by atoms with van der Waals surface area (Å²) in [4.78, 5) is 29.6. The topological polar surface area (TPSA) is 64.1 Å². The monoisotopic (exact) mass is 361 g/mol. The molecule has 1 N–H and O–H groups in total. The molecule has 140 valence electrons. The van der Waals surface area contributed by atoms with E-state index in [1.54, 1.807) is 0 Å². The molecule has 2 aliphatic rings. The fourth-order valence-electron chi connectivity index (χ4n) is 3.38. The Bertz CT molecular complexity index is 421. The highest BCUT2D eigenvalue weighted by molar-refractivity contribution is 5.85. The maximum atomic E-state index is 12.6. The number of amides is 1. The van der Waals surface area contributed by atoms with Crippen molar-refractivity contribution in [1.82, 2.24) is 14.7 Å². The number of rotatable bonds is 8. The minimum absolute atomic E-state index is 0. The molecule has 1 heterocycles. The van der Waals surface area contributed by atoms with Gasteiger partial charge in [0.2, 0.25) is 5.91 Å². The maximum absolute atomic E-state index is 12.6. The summed E-state index contributed by atoms with van der Waals surface area (Å²) in [7, 11) is 1.87. The molecule has 6 nitrogen and oxygen atoms in total. The van der Waals surface area contributed by atoms with Gasteiger partial charge in [-0.15, -0.1) is 12.4 Å². The highest BCUT2D eigenvalue weighted by Crippen LogP contribution is 2.28. The van der Waals surface area contributed by atoms with Gasteiger partial charge in [0.1, 0.15) is 0 Å². The van der Waals surface area contributed by atoms with E-state index in [2.05, 4.69) is 23.6 Å². The summed E-state index contributed by atoms with van der Waals surface area (Å²) >= 11 is 0. The Morgan fingerprint density at radius 2 is 1.71 bits per heavy atom. The van der Waals surface area contributed by atoms with Gasteiger partial charge in [-0.2, -0.15) is 0 Å². The number of carboxylic acid groups (broad SMARTS) is 1. The lowest BCUT2D eigenvalue weighted by atomic mass is 10.0. The van der Waals surface area contributed by atoms with Gasteiger partial charge in [0.25, 0.3) is 0 Å². The van der Waals surface area contributed by atoms with E-state index in [1.807, 2.05) is 11.9 Å². The number of hydrogen-bond donors (Lipinski definition) is 1. The smallest absolute Gasteiger partial charge is 0.317 e. The van der Waals surface area contributed by atoms with E-state index in [1.165, 1.54) is 0 Å². The molecule has 1 saturated carbocycles. The molecule has 1 aliphatic heterocycles. The number of carboxylic acids is 1.